The van der Waals surface area contributed by atoms with Crippen LogP contribution >= 0.6 is 11.6 Å². The molecule has 20 heavy (non-hydrogen) atoms. The Balaban J connectivity index is 2.54. The third-order valence-electron chi connectivity index (χ3n) is 3.54. The lowest BCUT2D eigenvalue weighted by atomic mass is 10.0. The Morgan fingerprint density at radius 1 is 1.30 bits per heavy atom. The molecule has 2 rings (SSSR count). The normalized spacial score (nSPS) is 13.2. The van der Waals surface area contributed by atoms with Gasteiger partial charge in [0, 0.05) is 24.3 Å². The second-order valence-corrected chi connectivity index (χ2v) is 5.62. The predicted molar refractivity (Wildman–Crippen MR) is 81.1 cm³/mol. The van der Waals surface area contributed by atoms with E-state index in [-0.39, 0.29) is 12.1 Å². The van der Waals surface area contributed by atoms with Crippen molar-refractivity contribution in [3.05, 3.63) is 34.4 Å². The van der Waals surface area contributed by atoms with Crippen LogP contribution in [0, 0.1) is 6.92 Å². The number of halogens is 1. The summed E-state index contributed by atoms with van der Waals surface area (Å²) in [6.07, 6.45) is 3.61. The lowest BCUT2D eigenvalue weighted by molar-refractivity contribution is 0.475. The van der Waals surface area contributed by atoms with Gasteiger partial charge in [-0.05, 0) is 27.3 Å². The summed E-state index contributed by atoms with van der Waals surface area (Å²) in [6.45, 7) is 9.20. The highest BCUT2D eigenvalue weighted by molar-refractivity contribution is 6.31. The van der Waals surface area contributed by atoms with E-state index in [2.05, 4.69) is 43.2 Å². The van der Waals surface area contributed by atoms with Gasteiger partial charge < -0.3 is 5.32 Å². The predicted octanol–water partition coefficient (Wildman–Crippen LogP) is 2.86. The van der Waals surface area contributed by atoms with Crippen molar-refractivity contribution in [2.75, 3.05) is 6.54 Å². The summed E-state index contributed by atoms with van der Waals surface area (Å²) in [7, 11) is 1.95. The van der Waals surface area contributed by atoms with E-state index in [0.29, 0.717) is 5.02 Å². The zero-order chi connectivity index (χ0) is 14.9. The van der Waals surface area contributed by atoms with Crippen molar-refractivity contribution in [3.63, 3.8) is 0 Å². The van der Waals surface area contributed by atoms with Crippen LogP contribution in [0.5, 0.6) is 0 Å². The first-order chi connectivity index (χ1) is 9.47. The summed E-state index contributed by atoms with van der Waals surface area (Å²) in [5, 5.41) is 12.9. The Bertz CT molecular complexity index is 584. The Hall–Kier alpha value is -1.33. The quantitative estimate of drug-likeness (QED) is 0.923. The zero-order valence-corrected chi connectivity index (χ0v) is 13.4. The molecule has 0 saturated carbocycles. The molecule has 0 aromatic carbocycles. The van der Waals surface area contributed by atoms with Crippen molar-refractivity contribution in [2.24, 2.45) is 7.05 Å². The molecule has 0 aliphatic rings. The summed E-state index contributed by atoms with van der Waals surface area (Å²) >= 11 is 6.38. The number of rotatable bonds is 5. The van der Waals surface area contributed by atoms with Gasteiger partial charge in [-0.1, -0.05) is 18.5 Å². The first-order valence-electron chi connectivity index (χ1n) is 6.92. The van der Waals surface area contributed by atoms with Crippen molar-refractivity contribution in [1.82, 2.24) is 24.9 Å². The van der Waals surface area contributed by atoms with Crippen LogP contribution in [-0.2, 0) is 7.05 Å². The molecule has 0 aliphatic heterocycles. The minimum atomic E-state index is 0.00565. The third-order valence-corrected chi connectivity index (χ3v) is 3.83. The standard InChI is InChI=1S/C14H22ClN5/c1-6-16-13(11-7-17-19(5)10(11)4)14-12(15)8-18-20(14)9(2)3/h7-9,13,16H,6H2,1-5H3. The Morgan fingerprint density at radius 2 is 2.00 bits per heavy atom. The summed E-state index contributed by atoms with van der Waals surface area (Å²) in [5.41, 5.74) is 3.27. The SMILES string of the molecule is CCNC(c1cnn(C)c1C)c1c(Cl)cnn1C(C)C. The molecule has 1 atom stereocenters. The lowest BCUT2D eigenvalue weighted by Gasteiger charge is -2.21. The average Bonchev–Trinajstić information content (AvgIpc) is 2.92. The molecular formula is C14H22ClN5. The van der Waals surface area contributed by atoms with Gasteiger partial charge in [0.05, 0.1) is 29.2 Å². The number of hydrogen-bond acceptors (Lipinski definition) is 3. The van der Waals surface area contributed by atoms with E-state index in [9.17, 15) is 0 Å². The van der Waals surface area contributed by atoms with Gasteiger partial charge in [0.2, 0.25) is 0 Å². The van der Waals surface area contributed by atoms with Crippen molar-refractivity contribution >= 4 is 11.6 Å². The molecule has 1 N–H and O–H groups in total. The van der Waals surface area contributed by atoms with Gasteiger partial charge in [-0.15, -0.1) is 0 Å². The minimum Gasteiger partial charge on any atom is -0.305 e. The molecule has 2 heterocycles. The van der Waals surface area contributed by atoms with E-state index in [0.717, 1.165) is 23.5 Å². The molecule has 0 saturated heterocycles. The first kappa shape index (κ1) is 15.1. The van der Waals surface area contributed by atoms with E-state index in [1.54, 1.807) is 6.20 Å². The van der Waals surface area contributed by atoms with E-state index < -0.39 is 0 Å². The molecule has 0 fully saturated rings. The van der Waals surface area contributed by atoms with Gasteiger partial charge in [-0.3, -0.25) is 9.36 Å². The van der Waals surface area contributed by atoms with Gasteiger partial charge in [0.15, 0.2) is 0 Å². The third kappa shape index (κ3) is 2.60. The fraction of sp³-hybridized carbons (Fsp3) is 0.571. The maximum absolute atomic E-state index is 6.38. The van der Waals surface area contributed by atoms with Crippen LogP contribution in [0.25, 0.3) is 0 Å². The fourth-order valence-electron chi connectivity index (χ4n) is 2.39. The molecule has 110 valence electrons. The van der Waals surface area contributed by atoms with Crippen molar-refractivity contribution < 1.29 is 0 Å². The zero-order valence-electron chi connectivity index (χ0n) is 12.7. The molecule has 6 heteroatoms. The molecule has 5 nitrogen and oxygen atoms in total. The minimum absolute atomic E-state index is 0.00565. The summed E-state index contributed by atoms with van der Waals surface area (Å²) in [4.78, 5) is 0. The van der Waals surface area contributed by atoms with Gasteiger partial charge in [-0.2, -0.15) is 10.2 Å². The van der Waals surface area contributed by atoms with Crippen LogP contribution < -0.4 is 5.32 Å². The fourth-order valence-corrected chi connectivity index (χ4v) is 2.63. The second kappa shape index (κ2) is 5.97. The largest absolute Gasteiger partial charge is 0.305 e. The molecule has 0 amide bonds. The number of hydrogen-bond donors (Lipinski definition) is 1. The maximum Gasteiger partial charge on any atom is 0.0837 e. The van der Waals surface area contributed by atoms with Crippen molar-refractivity contribution in [3.8, 4) is 0 Å². The number of nitrogens with zero attached hydrogens (tertiary/aromatic N) is 4. The van der Waals surface area contributed by atoms with Gasteiger partial charge in [0.1, 0.15) is 0 Å². The highest BCUT2D eigenvalue weighted by Crippen LogP contribution is 2.31. The molecule has 0 spiro atoms. The molecule has 1 unspecified atom stereocenters. The van der Waals surface area contributed by atoms with E-state index in [1.165, 1.54) is 0 Å². The lowest BCUT2D eigenvalue weighted by Crippen LogP contribution is -2.26. The van der Waals surface area contributed by atoms with Crippen LogP contribution in [0.15, 0.2) is 12.4 Å². The van der Waals surface area contributed by atoms with Crippen LogP contribution in [0.1, 0.15) is 49.8 Å². The van der Waals surface area contributed by atoms with Crippen molar-refractivity contribution in [2.45, 2.75) is 39.8 Å². The number of aromatic nitrogens is 4. The topological polar surface area (TPSA) is 47.7 Å². The smallest absolute Gasteiger partial charge is 0.0837 e. The second-order valence-electron chi connectivity index (χ2n) is 5.22. The van der Waals surface area contributed by atoms with E-state index in [1.807, 2.05) is 22.6 Å². The number of nitrogens with one attached hydrogen (secondary N) is 1. The molecule has 0 bridgehead atoms. The highest BCUT2D eigenvalue weighted by Gasteiger charge is 2.25. The average molecular weight is 296 g/mol. The van der Waals surface area contributed by atoms with Crippen LogP contribution in [-0.4, -0.2) is 26.1 Å². The molecule has 2 aromatic rings. The Morgan fingerprint density at radius 3 is 2.50 bits per heavy atom. The molecular weight excluding hydrogens is 274 g/mol. The van der Waals surface area contributed by atoms with Gasteiger partial charge >= 0.3 is 0 Å². The van der Waals surface area contributed by atoms with E-state index >= 15 is 0 Å². The molecule has 2 aromatic heterocycles. The van der Waals surface area contributed by atoms with Crippen LogP contribution in [0.2, 0.25) is 5.02 Å². The Labute approximate surface area is 124 Å². The van der Waals surface area contributed by atoms with Gasteiger partial charge in [0.25, 0.3) is 0 Å². The molecule has 0 radical (unpaired) electrons. The number of aryl methyl sites for hydroxylation is 1. The van der Waals surface area contributed by atoms with Crippen LogP contribution in [0.4, 0.5) is 0 Å². The van der Waals surface area contributed by atoms with Crippen LogP contribution in [0.3, 0.4) is 0 Å². The molecule has 0 aliphatic carbocycles. The first-order valence-corrected chi connectivity index (χ1v) is 7.29. The van der Waals surface area contributed by atoms with E-state index in [4.69, 9.17) is 11.6 Å². The Kier molecular flexibility index (Phi) is 4.50. The van der Waals surface area contributed by atoms with Gasteiger partial charge in [-0.25, -0.2) is 0 Å². The monoisotopic (exact) mass is 295 g/mol. The van der Waals surface area contributed by atoms with Crippen molar-refractivity contribution in [1.29, 1.82) is 0 Å². The summed E-state index contributed by atoms with van der Waals surface area (Å²) in [5.74, 6) is 0. The summed E-state index contributed by atoms with van der Waals surface area (Å²) in [6, 6.07) is 0.265. The summed E-state index contributed by atoms with van der Waals surface area (Å²) < 4.78 is 3.85. The maximum atomic E-state index is 6.38. The highest BCUT2D eigenvalue weighted by atomic mass is 35.5.